The molecule has 0 fully saturated rings. The quantitative estimate of drug-likeness (QED) is 0.878. The third kappa shape index (κ3) is 3.11. The molecule has 0 aliphatic rings. The lowest BCUT2D eigenvalue weighted by molar-refractivity contribution is -0.120. The second kappa shape index (κ2) is 5.69. The molecular formula is C13H12ClFN2O. The van der Waals surface area contributed by atoms with Gasteiger partial charge in [-0.25, -0.2) is 4.39 Å². The first kappa shape index (κ1) is 12.6. The summed E-state index contributed by atoms with van der Waals surface area (Å²) in [5.41, 5.74) is 1.19. The number of halogens is 2. The van der Waals surface area contributed by atoms with Crippen molar-refractivity contribution in [2.75, 3.05) is 0 Å². The van der Waals surface area contributed by atoms with E-state index in [2.05, 4.69) is 10.3 Å². The highest BCUT2D eigenvalue weighted by Gasteiger charge is 2.11. The summed E-state index contributed by atoms with van der Waals surface area (Å²) in [6, 6.07) is 6.23. The highest BCUT2D eigenvalue weighted by Crippen LogP contribution is 2.19. The van der Waals surface area contributed by atoms with Gasteiger partial charge in [0.2, 0.25) is 5.91 Å². The van der Waals surface area contributed by atoms with E-state index >= 15 is 0 Å². The first-order chi connectivity index (χ1) is 8.66. The maximum atomic E-state index is 13.5. The third-order valence-corrected chi connectivity index (χ3v) is 2.91. The van der Waals surface area contributed by atoms with Crippen LogP contribution in [-0.2, 0) is 17.8 Å². The van der Waals surface area contributed by atoms with Gasteiger partial charge in [-0.2, -0.15) is 0 Å². The van der Waals surface area contributed by atoms with Gasteiger partial charge in [-0.05, 0) is 23.8 Å². The molecule has 1 amide bonds. The molecule has 1 aromatic heterocycles. The summed E-state index contributed by atoms with van der Waals surface area (Å²) >= 11 is 5.85. The van der Waals surface area contributed by atoms with E-state index in [1.54, 1.807) is 18.5 Å². The van der Waals surface area contributed by atoms with Crippen LogP contribution in [0.3, 0.4) is 0 Å². The molecule has 1 heterocycles. The molecule has 94 valence electrons. The molecule has 18 heavy (non-hydrogen) atoms. The molecule has 0 radical (unpaired) electrons. The summed E-state index contributed by atoms with van der Waals surface area (Å²) in [6.45, 7) is 0.411. The molecule has 2 N–H and O–H groups in total. The van der Waals surface area contributed by atoms with Gasteiger partial charge in [0, 0.05) is 29.5 Å². The van der Waals surface area contributed by atoms with Gasteiger partial charge in [0.15, 0.2) is 0 Å². The van der Waals surface area contributed by atoms with Gasteiger partial charge in [-0.1, -0.05) is 17.7 Å². The zero-order valence-corrected chi connectivity index (χ0v) is 10.3. The van der Waals surface area contributed by atoms with E-state index < -0.39 is 5.82 Å². The third-order valence-electron chi connectivity index (χ3n) is 2.55. The summed E-state index contributed by atoms with van der Waals surface area (Å²) in [5, 5.41) is 2.97. The Balaban J connectivity index is 1.95. The van der Waals surface area contributed by atoms with Crippen molar-refractivity contribution in [2.45, 2.75) is 13.0 Å². The first-order valence-electron chi connectivity index (χ1n) is 5.48. The van der Waals surface area contributed by atoms with Crippen LogP contribution < -0.4 is 5.32 Å². The number of aromatic amines is 1. The Bertz CT molecular complexity index is 520. The Labute approximate surface area is 109 Å². The summed E-state index contributed by atoms with van der Waals surface area (Å²) in [4.78, 5) is 14.6. The molecule has 1 aromatic carbocycles. The lowest BCUT2D eigenvalue weighted by Gasteiger charge is -2.06. The molecule has 0 atom stereocenters. The Morgan fingerprint density at radius 3 is 2.89 bits per heavy atom. The SMILES string of the molecule is O=C(Cc1c(F)cccc1Cl)NCc1cc[nH]c1. The summed E-state index contributed by atoms with van der Waals surface area (Å²) < 4.78 is 13.5. The van der Waals surface area contributed by atoms with Crippen molar-refractivity contribution in [1.82, 2.24) is 10.3 Å². The number of benzene rings is 1. The van der Waals surface area contributed by atoms with E-state index in [4.69, 9.17) is 11.6 Å². The summed E-state index contributed by atoms with van der Waals surface area (Å²) in [6.07, 6.45) is 3.50. The van der Waals surface area contributed by atoms with Crippen LogP contribution in [0.25, 0.3) is 0 Å². The summed E-state index contributed by atoms with van der Waals surface area (Å²) in [7, 11) is 0. The van der Waals surface area contributed by atoms with Crippen molar-refractivity contribution < 1.29 is 9.18 Å². The molecular weight excluding hydrogens is 255 g/mol. The van der Waals surface area contributed by atoms with Crippen LogP contribution >= 0.6 is 11.6 Å². The lowest BCUT2D eigenvalue weighted by atomic mass is 10.1. The standard InChI is InChI=1S/C13H12ClFN2O/c14-11-2-1-3-12(15)10(11)6-13(18)17-8-9-4-5-16-7-9/h1-5,7,16H,6,8H2,(H,17,18). The molecule has 0 unspecified atom stereocenters. The minimum absolute atomic E-state index is 0.0596. The van der Waals surface area contributed by atoms with E-state index in [0.717, 1.165) is 5.56 Å². The van der Waals surface area contributed by atoms with Gasteiger partial charge in [0.25, 0.3) is 0 Å². The Morgan fingerprint density at radius 2 is 2.22 bits per heavy atom. The van der Waals surface area contributed by atoms with Crippen LogP contribution in [-0.4, -0.2) is 10.9 Å². The van der Waals surface area contributed by atoms with Crippen molar-refractivity contribution in [3.8, 4) is 0 Å². The number of amides is 1. The molecule has 3 nitrogen and oxygen atoms in total. The molecule has 2 rings (SSSR count). The number of rotatable bonds is 4. The molecule has 0 aliphatic heterocycles. The van der Waals surface area contributed by atoms with E-state index in [0.29, 0.717) is 6.54 Å². The van der Waals surface area contributed by atoms with Crippen LogP contribution in [0.15, 0.2) is 36.7 Å². The second-order valence-electron chi connectivity index (χ2n) is 3.87. The van der Waals surface area contributed by atoms with Crippen molar-refractivity contribution in [2.24, 2.45) is 0 Å². The van der Waals surface area contributed by atoms with E-state index in [9.17, 15) is 9.18 Å². The van der Waals surface area contributed by atoms with E-state index in [1.165, 1.54) is 12.1 Å². The molecule has 0 saturated heterocycles. The average Bonchev–Trinajstić information content (AvgIpc) is 2.84. The second-order valence-corrected chi connectivity index (χ2v) is 4.28. The van der Waals surface area contributed by atoms with Crippen LogP contribution in [0.2, 0.25) is 5.02 Å². The van der Waals surface area contributed by atoms with Crippen molar-refractivity contribution in [3.63, 3.8) is 0 Å². The van der Waals surface area contributed by atoms with Gasteiger partial charge in [0.1, 0.15) is 5.82 Å². The van der Waals surface area contributed by atoms with Gasteiger partial charge >= 0.3 is 0 Å². The minimum atomic E-state index is -0.459. The first-order valence-corrected chi connectivity index (χ1v) is 5.86. The number of nitrogens with one attached hydrogen (secondary N) is 2. The Kier molecular flexibility index (Phi) is 3.99. The highest BCUT2D eigenvalue weighted by atomic mass is 35.5. The van der Waals surface area contributed by atoms with Gasteiger partial charge < -0.3 is 10.3 Å². The van der Waals surface area contributed by atoms with Crippen molar-refractivity contribution >= 4 is 17.5 Å². The maximum absolute atomic E-state index is 13.5. The molecule has 0 bridgehead atoms. The minimum Gasteiger partial charge on any atom is -0.367 e. The van der Waals surface area contributed by atoms with E-state index in [-0.39, 0.29) is 22.9 Å². The van der Waals surface area contributed by atoms with Crippen molar-refractivity contribution in [3.05, 3.63) is 58.6 Å². The number of hydrogen-bond donors (Lipinski definition) is 2. The highest BCUT2D eigenvalue weighted by molar-refractivity contribution is 6.31. The predicted octanol–water partition coefficient (Wildman–Crippen LogP) is 2.67. The molecule has 2 aromatic rings. The van der Waals surface area contributed by atoms with Crippen LogP contribution in [0, 0.1) is 5.82 Å². The van der Waals surface area contributed by atoms with Crippen molar-refractivity contribution in [1.29, 1.82) is 0 Å². The van der Waals surface area contributed by atoms with Gasteiger partial charge in [-0.15, -0.1) is 0 Å². The van der Waals surface area contributed by atoms with Crippen LogP contribution in [0.1, 0.15) is 11.1 Å². The monoisotopic (exact) mass is 266 g/mol. The van der Waals surface area contributed by atoms with Crippen LogP contribution in [0.5, 0.6) is 0 Å². The number of hydrogen-bond acceptors (Lipinski definition) is 1. The number of aromatic nitrogens is 1. The Morgan fingerprint density at radius 1 is 1.39 bits per heavy atom. The average molecular weight is 267 g/mol. The smallest absolute Gasteiger partial charge is 0.224 e. The molecule has 5 heteroatoms. The van der Waals surface area contributed by atoms with E-state index in [1.807, 2.05) is 6.07 Å². The maximum Gasteiger partial charge on any atom is 0.224 e. The molecule has 0 saturated carbocycles. The largest absolute Gasteiger partial charge is 0.367 e. The van der Waals surface area contributed by atoms with Crippen LogP contribution in [0.4, 0.5) is 4.39 Å². The fourth-order valence-corrected chi connectivity index (χ4v) is 1.82. The predicted molar refractivity (Wildman–Crippen MR) is 67.8 cm³/mol. The number of carbonyl (C=O) groups is 1. The zero-order chi connectivity index (χ0) is 13.0. The fraction of sp³-hybridized carbons (Fsp3) is 0.154. The number of H-pyrrole nitrogens is 1. The lowest BCUT2D eigenvalue weighted by Crippen LogP contribution is -2.24. The number of carbonyl (C=O) groups excluding carboxylic acids is 1. The summed E-state index contributed by atoms with van der Waals surface area (Å²) in [5.74, 6) is -0.720. The topological polar surface area (TPSA) is 44.9 Å². The molecule has 0 aliphatic carbocycles. The van der Waals surface area contributed by atoms with Gasteiger partial charge in [0.05, 0.1) is 6.42 Å². The van der Waals surface area contributed by atoms with Gasteiger partial charge in [-0.3, -0.25) is 4.79 Å². The molecule has 0 spiro atoms. The fourth-order valence-electron chi connectivity index (χ4n) is 1.59. The zero-order valence-electron chi connectivity index (χ0n) is 9.54. The normalized spacial score (nSPS) is 10.3. The Hall–Kier alpha value is -1.81.